The number of nitrogens with one attached hydrogen (secondary N) is 3. The van der Waals surface area contributed by atoms with E-state index in [1.54, 1.807) is 30.3 Å². The van der Waals surface area contributed by atoms with Crippen molar-refractivity contribution >= 4 is 40.7 Å². The molecule has 2 heterocycles. The van der Waals surface area contributed by atoms with Gasteiger partial charge in [-0.25, -0.2) is 4.39 Å². The quantitative estimate of drug-likeness (QED) is 0.338. The Morgan fingerprint density at radius 1 is 1.21 bits per heavy atom. The van der Waals surface area contributed by atoms with Crippen LogP contribution in [0, 0.1) is 11.2 Å². The zero-order valence-corrected chi connectivity index (χ0v) is 23.3. The lowest BCUT2D eigenvalue weighted by Crippen LogP contribution is -2.49. The Kier molecular flexibility index (Phi) is 8.69. The molecule has 1 spiro atoms. The molecule has 0 radical (unpaired) electrons. The molecule has 2 aliphatic rings. The highest BCUT2D eigenvalue weighted by atomic mass is 35.5. The second kappa shape index (κ2) is 11.5. The van der Waals surface area contributed by atoms with Gasteiger partial charge in [0.25, 0.3) is 0 Å². The van der Waals surface area contributed by atoms with Crippen LogP contribution in [-0.4, -0.2) is 55.4 Å². The van der Waals surface area contributed by atoms with Crippen LogP contribution in [0.25, 0.3) is 0 Å². The molecule has 7 nitrogen and oxygen atoms in total. The van der Waals surface area contributed by atoms with Gasteiger partial charge in [-0.1, -0.05) is 62.2 Å². The molecule has 4 rings (SSSR count). The predicted octanol–water partition coefficient (Wildman–Crippen LogP) is 4.40. The SMILES string of the molecule is CC(C)(C)CC1NC(C(=O)NCCCOCCO)C(c2cccc(Cl)c2F)C12C(=O)Nc1cc(Cl)ccc12. The number of hydrogen-bond acceptors (Lipinski definition) is 5. The molecule has 206 valence electrons. The van der Waals surface area contributed by atoms with Gasteiger partial charge in [0.1, 0.15) is 11.2 Å². The molecular weight excluding hydrogens is 532 g/mol. The number of carbonyl (C=O) groups is 2. The first kappa shape index (κ1) is 28.8. The molecule has 4 N–H and O–H groups in total. The van der Waals surface area contributed by atoms with Crippen LogP contribution in [-0.2, 0) is 19.7 Å². The van der Waals surface area contributed by atoms with E-state index in [0.717, 1.165) is 0 Å². The van der Waals surface area contributed by atoms with Crippen molar-refractivity contribution in [3.63, 3.8) is 0 Å². The molecule has 0 aromatic heterocycles. The Hall–Kier alpha value is -2.23. The number of ether oxygens (including phenoxy) is 1. The number of carbonyl (C=O) groups excluding carboxylic acids is 2. The zero-order chi connectivity index (χ0) is 27.7. The molecule has 0 bridgehead atoms. The second-order valence-electron chi connectivity index (χ2n) is 11.1. The van der Waals surface area contributed by atoms with Crippen molar-refractivity contribution in [2.45, 2.75) is 57.0 Å². The standard InChI is InChI=1S/C28H34Cl2FN3O4/c1-27(2,3)15-21-28(18-9-8-16(29)14-20(18)33-26(28)37)22(17-6-4-7-19(30)23(17)31)24(34-21)25(36)32-10-5-12-38-13-11-35/h4,6-9,14,21-22,24,34-35H,5,10-13,15H2,1-3H3,(H,32,36)(H,33,37). The highest BCUT2D eigenvalue weighted by Crippen LogP contribution is 2.57. The summed E-state index contributed by atoms with van der Waals surface area (Å²) in [4.78, 5) is 27.7. The van der Waals surface area contributed by atoms with E-state index in [1.807, 2.05) is 0 Å². The highest BCUT2D eigenvalue weighted by Gasteiger charge is 2.66. The first-order chi connectivity index (χ1) is 18.0. The molecule has 0 saturated carbocycles. The van der Waals surface area contributed by atoms with E-state index in [9.17, 15) is 9.59 Å². The van der Waals surface area contributed by atoms with Crippen molar-refractivity contribution in [2.24, 2.45) is 5.41 Å². The third-order valence-electron chi connectivity index (χ3n) is 7.22. The second-order valence-corrected chi connectivity index (χ2v) is 11.9. The lowest BCUT2D eigenvalue weighted by molar-refractivity contribution is -0.123. The van der Waals surface area contributed by atoms with Crippen LogP contribution < -0.4 is 16.0 Å². The maximum absolute atomic E-state index is 15.7. The third kappa shape index (κ3) is 5.42. The van der Waals surface area contributed by atoms with Gasteiger partial charge in [0.15, 0.2) is 0 Å². The van der Waals surface area contributed by atoms with Crippen molar-refractivity contribution in [3.8, 4) is 0 Å². The molecule has 0 aliphatic carbocycles. The molecule has 4 atom stereocenters. The van der Waals surface area contributed by atoms with Gasteiger partial charge in [0.05, 0.1) is 24.3 Å². The number of anilines is 1. The normalized spacial score (nSPS) is 24.5. The van der Waals surface area contributed by atoms with Crippen molar-refractivity contribution in [1.82, 2.24) is 10.6 Å². The van der Waals surface area contributed by atoms with Crippen LogP contribution in [0.3, 0.4) is 0 Å². The average Bonchev–Trinajstić information content (AvgIpc) is 3.31. The van der Waals surface area contributed by atoms with E-state index in [0.29, 0.717) is 42.3 Å². The minimum absolute atomic E-state index is 0.0722. The first-order valence-electron chi connectivity index (χ1n) is 12.8. The number of aliphatic hydroxyl groups excluding tert-OH is 1. The molecule has 2 aromatic rings. The van der Waals surface area contributed by atoms with Gasteiger partial charge in [0.2, 0.25) is 11.8 Å². The van der Waals surface area contributed by atoms with Crippen LogP contribution in [0.4, 0.5) is 10.1 Å². The van der Waals surface area contributed by atoms with E-state index in [4.69, 9.17) is 33.0 Å². The van der Waals surface area contributed by atoms with Crippen molar-refractivity contribution in [3.05, 3.63) is 63.4 Å². The number of rotatable bonds is 9. The number of benzene rings is 2. The summed E-state index contributed by atoms with van der Waals surface area (Å²) in [6.45, 7) is 7.04. The fraction of sp³-hybridized carbons (Fsp3) is 0.500. The Bertz CT molecular complexity index is 1210. The van der Waals surface area contributed by atoms with Gasteiger partial charge in [-0.05, 0) is 47.6 Å². The largest absolute Gasteiger partial charge is 0.394 e. The Morgan fingerprint density at radius 3 is 2.68 bits per heavy atom. The topological polar surface area (TPSA) is 99.7 Å². The summed E-state index contributed by atoms with van der Waals surface area (Å²) in [5.41, 5.74) is -0.0768. The zero-order valence-electron chi connectivity index (χ0n) is 21.7. The van der Waals surface area contributed by atoms with Crippen molar-refractivity contribution in [1.29, 1.82) is 0 Å². The molecule has 4 unspecified atom stereocenters. The number of halogens is 3. The lowest BCUT2D eigenvalue weighted by Gasteiger charge is -2.37. The van der Waals surface area contributed by atoms with Crippen molar-refractivity contribution < 1.29 is 23.8 Å². The predicted molar refractivity (Wildman–Crippen MR) is 146 cm³/mol. The summed E-state index contributed by atoms with van der Waals surface area (Å²) in [5, 5.41) is 18.6. The summed E-state index contributed by atoms with van der Waals surface area (Å²) in [6, 6.07) is 8.46. The summed E-state index contributed by atoms with van der Waals surface area (Å²) in [5.74, 6) is -2.19. The minimum Gasteiger partial charge on any atom is -0.394 e. The maximum Gasteiger partial charge on any atom is 0.237 e. The van der Waals surface area contributed by atoms with Gasteiger partial charge < -0.3 is 25.8 Å². The summed E-state index contributed by atoms with van der Waals surface area (Å²) in [7, 11) is 0. The van der Waals surface area contributed by atoms with Crippen LogP contribution in [0.1, 0.15) is 50.7 Å². The van der Waals surface area contributed by atoms with Gasteiger partial charge in [-0.3, -0.25) is 9.59 Å². The number of fused-ring (bicyclic) bond motifs is 2. The van der Waals surface area contributed by atoms with Crippen LogP contribution in [0.5, 0.6) is 0 Å². The van der Waals surface area contributed by atoms with E-state index < -0.39 is 29.2 Å². The first-order valence-corrected chi connectivity index (χ1v) is 13.5. The van der Waals surface area contributed by atoms with E-state index in [2.05, 4.69) is 36.7 Å². The Balaban J connectivity index is 1.82. The smallest absolute Gasteiger partial charge is 0.237 e. The molecule has 2 aromatic carbocycles. The third-order valence-corrected chi connectivity index (χ3v) is 7.75. The molecule has 1 saturated heterocycles. The summed E-state index contributed by atoms with van der Waals surface area (Å²) in [6.07, 6.45) is 1.08. The summed E-state index contributed by atoms with van der Waals surface area (Å²) >= 11 is 12.5. The fourth-order valence-electron chi connectivity index (χ4n) is 5.81. The van der Waals surface area contributed by atoms with Gasteiger partial charge in [-0.2, -0.15) is 0 Å². The van der Waals surface area contributed by atoms with E-state index in [1.165, 1.54) is 6.07 Å². The van der Waals surface area contributed by atoms with Gasteiger partial charge in [-0.15, -0.1) is 0 Å². The highest BCUT2D eigenvalue weighted by molar-refractivity contribution is 6.31. The van der Waals surface area contributed by atoms with Gasteiger partial charge >= 0.3 is 0 Å². The minimum atomic E-state index is -1.29. The molecule has 1 fully saturated rings. The average molecular weight is 567 g/mol. The number of amides is 2. The van der Waals surface area contributed by atoms with Crippen molar-refractivity contribution in [2.75, 3.05) is 31.7 Å². The fourth-order valence-corrected chi connectivity index (χ4v) is 6.17. The number of hydrogen-bond donors (Lipinski definition) is 4. The Morgan fingerprint density at radius 2 is 1.97 bits per heavy atom. The molecule has 10 heteroatoms. The van der Waals surface area contributed by atoms with Crippen LogP contribution >= 0.6 is 23.2 Å². The number of aliphatic hydroxyl groups is 1. The molecule has 38 heavy (non-hydrogen) atoms. The van der Waals surface area contributed by atoms with Gasteiger partial charge in [0, 0.05) is 35.8 Å². The monoisotopic (exact) mass is 565 g/mol. The molecule has 2 amide bonds. The maximum atomic E-state index is 15.7. The lowest BCUT2D eigenvalue weighted by atomic mass is 9.62. The van der Waals surface area contributed by atoms with E-state index >= 15 is 4.39 Å². The van der Waals surface area contributed by atoms with E-state index in [-0.39, 0.29) is 41.0 Å². The Labute approximate surface area is 232 Å². The van der Waals surface area contributed by atoms with Crippen LogP contribution in [0.15, 0.2) is 36.4 Å². The van der Waals surface area contributed by atoms with Crippen LogP contribution in [0.2, 0.25) is 10.0 Å². The molecular formula is C28H34Cl2FN3O4. The summed E-state index contributed by atoms with van der Waals surface area (Å²) < 4.78 is 21.0. The molecule has 2 aliphatic heterocycles.